The van der Waals surface area contributed by atoms with Crippen LogP contribution in [-0.2, 0) is 14.8 Å². The third-order valence-corrected chi connectivity index (χ3v) is 8.51. The lowest BCUT2D eigenvalue weighted by Crippen LogP contribution is -2.44. The lowest BCUT2D eigenvalue weighted by atomic mass is 9.99. The first-order valence-corrected chi connectivity index (χ1v) is 13.5. The molecule has 1 fully saturated rings. The van der Waals surface area contributed by atoms with Crippen molar-refractivity contribution in [3.63, 3.8) is 0 Å². The van der Waals surface area contributed by atoms with Crippen molar-refractivity contribution < 1.29 is 17.7 Å². The molecular weight excluding hydrogens is 476 g/mol. The molecule has 3 aromatic rings. The summed E-state index contributed by atoms with van der Waals surface area (Å²) >= 11 is 0. The topological polar surface area (TPSA) is 105 Å². The maximum atomic E-state index is 13.7. The van der Waals surface area contributed by atoms with Gasteiger partial charge >= 0.3 is 0 Å². The van der Waals surface area contributed by atoms with Gasteiger partial charge in [0.25, 0.3) is 0 Å². The number of carbonyl (C=O) groups is 1. The second kappa shape index (κ2) is 10.4. The Labute approximate surface area is 212 Å². The van der Waals surface area contributed by atoms with E-state index in [0.717, 1.165) is 22.3 Å². The summed E-state index contributed by atoms with van der Waals surface area (Å²) in [7, 11) is -3.93. The van der Waals surface area contributed by atoms with Crippen molar-refractivity contribution in [3.05, 3.63) is 69.7 Å². The van der Waals surface area contributed by atoms with Crippen LogP contribution in [0.1, 0.15) is 52.1 Å². The predicted molar refractivity (Wildman–Crippen MR) is 140 cm³/mol. The van der Waals surface area contributed by atoms with Gasteiger partial charge < -0.3 is 9.84 Å². The van der Waals surface area contributed by atoms with Crippen LogP contribution in [0.5, 0.6) is 0 Å². The third kappa shape index (κ3) is 5.42. The van der Waals surface area contributed by atoms with Crippen LogP contribution >= 0.6 is 0 Å². The molecule has 8 nitrogen and oxygen atoms in total. The monoisotopic (exact) mass is 508 g/mol. The number of hydrogen-bond acceptors (Lipinski definition) is 6. The fraction of sp³-hybridized carbons (Fsp3) is 0.370. The van der Waals surface area contributed by atoms with Crippen molar-refractivity contribution in [2.24, 2.45) is 5.92 Å². The average molecular weight is 509 g/mol. The number of piperidine rings is 1. The van der Waals surface area contributed by atoms with Crippen molar-refractivity contribution in [1.29, 1.82) is 0 Å². The van der Waals surface area contributed by atoms with Gasteiger partial charge in [0.1, 0.15) is 11.5 Å². The standard InChI is InChI=1S/C27H32N4O4S/c1-17-8-11-25(28-15-17)29-27(32)22-7-6-12-31(16-22)36(33,34)26-21(5)30-35-24(26)10-9-23-19(3)13-18(2)14-20(23)4/h8-11,13-15,22H,6-7,12,16H2,1-5H3,(H,28,29,32)/b10-9+/t22-/m1/s1. The van der Waals surface area contributed by atoms with Crippen LogP contribution in [0, 0.1) is 40.5 Å². The number of aromatic nitrogens is 2. The van der Waals surface area contributed by atoms with Crippen molar-refractivity contribution >= 4 is 33.9 Å². The highest BCUT2D eigenvalue weighted by Gasteiger charge is 2.37. The molecule has 0 saturated carbocycles. The lowest BCUT2D eigenvalue weighted by Gasteiger charge is -2.31. The Bertz CT molecular complexity index is 1390. The van der Waals surface area contributed by atoms with Crippen molar-refractivity contribution in [2.45, 2.75) is 52.4 Å². The Hall–Kier alpha value is -3.30. The molecule has 1 aromatic carbocycles. The number of hydrogen-bond donors (Lipinski definition) is 1. The minimum atomic E-state index is -3.93. The minimum Gasteiger partial charge on any atom is -0.355 e. The van der Waals surface area contributed by atoms with Gasteiger partial charge in [0.05, 0.1) is 5.92 Å². The van der Waals surface area contributed by atoms with E-state index in [4.69, 9.17) is 4.52 Å². The number of aryl methyl sites for hydroxylation is 5. The fourth-order valence-electron chi connectivity index (χ4n) is 4.69. The Morgan fingerprint density at radius 2 is 1.81 bits per heavy atom. The smallest absolute Gasteiger partial charge is 0.248 e. The Balaban J connectivity index is 1.56. The van der Waals surface area contributed by atoms with E-state index >= 15 is 0 Å². The van der Waals surface area contributed by atoms with E-state index in [2.05, 4.69) is 27.6 Å². The quantitative estimate of drug-likeness (QED) is 0.512. The van der Waals surface area contributed by atoms with Gasteiger partial charge in [0.2, 0.25) is 15.9 Å². The molecule has 3 heterocycles. The molecule has 1 N–H and O–H groups in total. The van der Waals surface area contributed by atoms with E-state index in [-0.39, 0.29) is 23.1 Å². The van der Waals surface area contributed by atoms with Gasteiger partial charge in [0.15, 0.2) is 10.7 Å². The molecule has 9 heteroatoms. The van der Waals surface area contributed by atoms with Gasteiger partial charge in [-0.15, -0.1) is 0 Å². The molecule has 1 saturated heterocycles. The molecule has 0 spiro atoms. The summed E-state index contributed by atoms with van der Waals surface area (Å²) in [6.45, 7) is 10.0. The summed E-state index contributed by atoms with van der Waals surface area (Å²) in [5.41, 5.74) is 5.65. The minimum absolute atomic E-state index is 0.0439. The summed E-state index contributed by atoms with van der Waals surface area (Å²) in [4.78, 5) is 17.1. The fourth-order valence-corrected chi connectivity index (χ4v) is 6.46. The van der Waals surface area contributed by atoms with Gasteiger partial charge in [-0.25, -0.2) is 13.4 Å². The number of carbonyl (C=O) groups excluding carboxylic acids is 1. The average Bonchev–Trinajstić information content (AvgIpc) is 3.21. The van der Waals surface area contributed by atoms with Gasteiger partial charge in [-0.05, 0) is 81.9 Å². The van der Waals surface area contributed by atoms with E-state index in [1.807, 2.05) is 39.8 Å². The van der Waals surface area contributed by atoms with Crippen molar-refractivity contribution in [3.8, 4) is 0 Å². The third-order valence-electron chi connectivity index (χ3n) is 6.49. The number of nitrogens with one attached hydrogen (secondary N) is 1. The molecule has 36 heavy (non-hydrogen) atoms. The summed E-state index contributed by atoms with van der Waals surface area (Å²) in [5.74, 6) is -0.0794. The molecule has 2 aromatic heterocycles. The Kier molecular flexibility index (Phi) is 7.42. The van der Waals surface area contributed by atoms with E-state index < -0.39 is 15.9 Å². The first kappa shape index (κ1) is 25.8. The van der Waals surface area contributed by atoms with Crippen LogP contribution in [0.15, 0.2) is 39.9 Å². The molecular formula is C27H32N4O4S. The van der Waals surface area contributed by atoms with Gasteiger partial charge in [-0.3, -0.25) is 4.79 Å². The van der Waals surface area contributed by atoms with Crippen molar-refractivity contribution in [2.75, 3.05) is 18.4 Å². The number of amides is 1. The van der Waals surface area contributed by atoms with E-state index in [1.165, 1.54) is 9.87 Å². The van der Waals surface area contributed by atoms with Crippen LogP contribution in [0.25, 0.3) is 12.2 Å². The van der Waals surface area contributed by atoms with Gasteiger partial charge in [-0.2, -0.15) is 4.31 Å². The predicted octanol–water partition coefficient (Wildman–Crippen LogP) is 4.82. The normalized spacial score (nSPS) is 17.0. The second-order valence-corrected chi connectivity index (χ2v) is 11.4. The highest BCUT2D eigenvalue weighted by Crippen LogP contribution is 2.30. The molecule has 0 radical (unpaired) electrons. The molecule has 0 aliphatic carbocycles. The molecule has 1 aliphatic rings. The number of sulfonamides is 1. The molecule has 190 valence electrons. The van der Waals surface area contributed by atoms with Crippen LogP contribution in [0.3, 0.4) is 0 Å². The number of rotatable bonds is 6. The van der Waals surface area contributed by atoms with E-state index in [0.29, 0.717) is 30.9 Å². The van der Waals surface area contributed by atoms with Gasteiger partial charge in [0, 0.05) is 19.3 Å². The molecule has 1 atom stereocenters. The zero-order valence-electron chi connectivity index (χ0n) is 21.3. The Morgan fingerprint density at radius 3 is 2.47 bits per heavy atom. The number of nitrogens with zero attached hydrogens (tertiary/aromatic N) is 3. The van der Waals surface area contributed by atoms with Crippen LogP contribution < -0.4 is 5.32 Å². The summed E-state index contributed by atoms with van der Waals surface area (Å²) in [6.07, 6.45) is 6.39. The lowest BCUT2D eigenvalue weighted by molar-refractivity contribution is -0.120. The molecule has 0 unspecified atom stereocenters. The van der Waals surface area contributed by atoms with E-state index in [9.17, 15) is 13.2 Å². The molecule has 1 amide bonds. The summed E-state index contributed by atoms with van der Waals surface area (Å²) < 4.78 is 34.2. The summed E-state index contributed by atoms with van der Waals surface area (Å²) in [6, 6.07) is 7.77. The van der Waals surface area contributed by atoms with Crippen molar-refractivity contribution in [1.82, 2.24) is 14.4 Å². The zero-order valence-corrected chi connectivity index (χ0v) is 22.1. The first-order valence-electron chi connectivity index (χ1n) is 12.0. The van der Waals surface area contributed by atoms with Crippen LogP contribution in [-0.4, -0.2) is 41.9 Å². The Morgan fingerprint density at radius 1 is 1.08 bits per heavy atom. The zero-order chi connectivity index (χ0) is 26.0. The number of benzene rings is 1. The highest BCUT2D eigenvalue weighted by atomic mass is 32.2. The number of pyridine rings is 1. The largest absolute Gasteiger partial charge is 0.355 e. The SMILES string of the molecule is Cc1ccc(NC(=O)[C@@H]2CCCN(S(=O)(=O)c3c(C)noc3/C=C/c3c(C)cc(C)cc3C)C2)nc1. The highest BCUT2D eigenvalue weighted by molar-refractivity contribution is 7.89. The maximum Gasteiger partial charge on any atom is 0.248 e. The first-order chi connectivity index (χ1) is 17.1. The summed E-state index contributed by atoms with van der Waals surface area (Å²) in [5, 5.41) is 6.75. The van der Waals surface area contributed by atoms with Crippen LogP contribution in [0.2, 0.25) is 0 Å². The second-order valence-electron chi connectivity index (χ2n) is 9.52. The van der Waals surface area contributed by atoms with E-state index in [1.54, 1.807) is 25.3 Å². The van der Waals surface area contributed by atoms with Crippen LogP contribution in [0.4, 0.5) is 5.82 Å². The molecule has 4 rings (SSSR count). The molecule has 0 bridgehead atoms. The molecule has 1 aliphatic heterocycles. The van der Waals surface area contributed by atoms with Gasteiger partial charge in [-0.1, -0.05) is 35.0 Å². The maximum absolute atomic E-state index is 13.7. The number of anilines is 1.